The predicted octanol–water partition coefficient (Wildman–Crippen LogP) is 2.67. The molecule has 110 valence electrons. The molecule has 2 N–H and O–H groups in total. The predicted molar refractivity (Wildman–Crippen MR) is 83.7 cm³/mol. The van der Waals surface area contributed by atoms with Crippen LogP contribution in [0.25, 0.3) is 11.0 Å². The number of aromatic nitrogens is 2. The van der Waals surface area contributed by atoms with Crippen LogP contribution in [-0.2, 0) is 4.79 Å². The minimum absolute atomic E-state index is 0.00759. The Hall–Kier alpha value is -1.24. The number of anilines is 1. The standard InChI is InChI=1S/C14H15ClN4OS/c15-9-4-5-10-13(19-21-18-10)12(9)17-14(20)11-8-3-1-2-7(8)6-16-11/h4-5,7-8,11,16H,1-3,6H2,(H,17,20). The van der Waals surface area contributed by atoms with Gasteiger partial charge in [-0.1, -0.05) is 18.0 Å². The number of hydrogen-bond acceptors (Lipinski definition) is 5. The minimum Gasteiger partial charge on any atom is -0.322 e. The van der Waals surface area contributed by atoms with Crippen LogP contribution >= 0.6 is 23.3 Å². The average molecular weight is 323 g/mol. The fraction of sp³-hybridized carbons (Fsp3) is 0.500. The quantitative estimate of drug-likeness (QED) is 0.892. The molecule has 5 nitrogen and oxygen atoms in total. The third-order valence-electron chi connectivity index (χ3n) is 4.65. The third kappa shape index (κ3) is 2.22. The van der Waals surface area contributed by atoms with Crippen LogP contribution in [0, 0.1) is 11.8 Å². The van der Waals surface area contributed by atoms with E-state index in [2.05, 4.69) is 19.4 Å². The number of carbonyl (C=O) groups is 1. The van der Waals surface area contributed by atoms with Gasteiger partial charge in [0.15, 0.2) is 0 Å². The maximum atomic E-state index is 12.6. The van der Waals surface area contributed by atoms with E-state index in [9.17, 15) is 4.79 Å². The van der Waals surface area contributed by atoms with Gasteiger partial charge in [-0.15, -0.1) is 0 Å². The highest BCUT2D eigenvalue weighted by atomic mass is 35.5. The Bertz CT molecular complexity index is 703. The Morgan fingerprint density at radius 3 is 3.19 bits per heavy atom. The lowest BCUT2D eigenvalue weighted by atomic mass is 9.93. The molecule has 2 aliphatic rings. The van der Waals surface area contributed by atoms with Crippen molar-refractivity contribution in [3.8, 4) is 0 Å². The highest BCUT2D eigenvalue weighted by molar-refractivity contribution is 7.00. The van der Waals surface area contributed by atoms with Gasteiger partial charge >= 0.3 is 0 Å². The van der Waals surface area contributed by atoms with E-state index in [-0.39, 0.29) is 11.9 Å². The van der Waals surface area contributed by atoms with E-state index in [4.69, 9.17) is 11.6 Å². The van der Waals surface area contributed by atoms with Crippen molar-refractivity contribution in [3.05, 3.63) is 17.2 Å². The molecule has 0 spiro atoms. The molecule has 2 fully saturated rings. The molecule has 7 heteroatoms. The summed E-state index contributed by atoms with van der Waals surface area (Å²) in [6.45, 7) is 0.943. The van der Waals surface area contributed by atoms with Gasteiger partial charge in [-0.2, -0.15) is 8.75 Å². The summed E-state index contributed by atoms with van der Waals surface area (Å²) < 4.78 is 8.42. The molecule has 1 amide bonds. The Kier molecular flexibility index (Phi) is 3.32. The molecular formula is C14H15ClN4OS. The number of nitrogens with one attached hydrogen (secondary N) is 2. The van der Waals surface area contributed by atoms with Gasteiger partial charge in [-0.3, -0.25) is 4.79 Å². The largest absolute Gasteiger partial charge is 0.322 e. The normalized spacial score (nSPS) is 28.0. The number of rotatable bonds is 2. The molecule has 1 aromatic heterocycles. The second kappa shape index (κ2) is 5.19. The van der Waals surface area contributed by atoms with Crippen LogP contribution in [0.2, 0.25) is 5.02 Å². The van der Waals surface area contributed by atoms with Crippen LogP contribution in [0.1, 0.15) is 19.3 Å². The van der Waals surface area contributed by atoms with Crippen LogP contribution < -0.4 is 10.6 Å². The first-order chi connectivity index (χ1) is 10.2. The zero-order valence-electron chi connectivity index (χ0n) is 11.3. The number of benzene rings is 1. The van der Waals surface area contributed by atoms with E-state index in [0.29, 0.717) is 28.1 Å². The Balaban J connectivity index is 1.61. The first-order valence-electron chi connectivity index (χ1n) is 7.19. The van der Waals surface area contributed by atoms with E-state index in [1.54, 1.807) is 6.07 Å². The summed E-state index contributed by atoms with van der Waals surface area (Å²) in [5, 5.41) is 6.82. The number of fused-ring (bicyclic) bond motifs is 2. The zero-order valence-corrected chi connectivity index (χ0v) is 12.9. The molecule has 21 heavy (non-hydrogen) atoms. The monoisotopic (exact) mass is 322 g/mol. The fourth-order valence-corrected chi connectivity index (χ4v) is 4.36. The number of nitrogens with zero attached hydrogens (tertiary/aromatic N) is 2. The molecule has 1 saturated heterocycles. The molecule has 0 radical (unpaired) electrons. The molecule has 4 rings (SSSR count). The van der Waals surface area contributed by atoms with E-state index in [0.717, 1.165) is 30.2 Å². The summed E-state index contributed by atoms with van der Waals surface area (Å²) in [5.74, 6) is 1.09. The van der Waals surface area contributed by atoms with Crippen molar-refractivity contribution in [3.63, 3.8) is 0 Å². The lowest BCUT2D eigenvalue weighted by Crippen LogP contribution is -2.39. The van der Waals surface area contributed by atoms with Crippen LogP contribution in [0.4, 0.5) is 5.69 Å². The minimum atomic E-state index is -0.115. The maximum Gasteiger partial charge on any atom is 0.241 e. The summed E-state index contributed by atoms with van der Waals surface area (Å²) in [7, 11) is 0. The van der Waals surface area contributed by atoms with E-state index < -0.39 is 0 Å². The van der Waals surface area contributed by atoms with E-state index in [1.165, 1.54) is 12.8 Å². The van der Waals surface area contributed by atoms with Gasteiger partial charge in [-0.25, -0.2) is 0 Å². The van der Waals surface area contributed by atoms with Gasteiger partial charge in [0.05, 0.1) is 28.5 Å². The topological polar surface area (TPSA) is 66.9 Å². The summed E-state index contributed by atoms with van der Waals surface area (Å²) >= 11 is 7.35. The lowest BCUT2D eigenvalue weighted by Gasteiger charge is -2.18. The number of hydrogen-bond donors (Lipinski definition) is 2. The number of carbonyl (C=O) groups excluding carboxylic acids is 1. The van der Waals surface area contributed by atoms with Gasteiger partial charge in [-0.05, 0) is 43.4 Å². The highest BCUT2D eigenvalue weighted by Gasteiger charge is 2.42. The smallest absolute Gasteiger partial charge is 0.241 e. The fourth-order valence-electron chi connectivity index (χ4n) is 3.62. The van der Waals surface area contributed by atoms with Crippen LogP contribution in [-0.4, -0.2) is 27.2 Å². The third-order valence-corrected chi connectivity index (χ3v) is 5.51. The average Bonchev–Trinajstić information content (AvgIpc) is 3.15. The molecule has 1 aromatic carbocycles. The second-order valence-corrected chi connectivity index (χ2v) is 6.72. The van der Waals surface area contributed by atoms with Gasteiger partial charge in [0, 0.05) is 0 Å². The summed E-state index contributed by atoms with van der Waals surface area (Å²) in [4.78, 5) is 12.6. The van der Waals surface area contributed by atoms with Crippen molar-refractivity contribution in [2.45, 2.75) is 25.3 Å². The molecule has 3 atom stereocenters. The van der Waals surface area contributed by atoms with Crippen molar-refractivity contribution in [2.75, 3.05) is 11.9 Å². The van der Waals surface area contributed by atoms with Crippen molar-refractivity contribution in [2.24, 2.45) is 11.8 Å². The molecular weight excluding hydrogens is 308 g/mol. The molecule has 2 aromatic rings. The van der Waals surface area contributed by atoms with Crippen LogP contribution in [0.15, 0.2) is 12.1 Å². The molecule has 3 unspecified atom stereocenters. The first kappa shape index (κ1) is 13.4. The Labute approximate surface area is 131 Å². The van der Waals surface area contributed by atoms with Gasteiger partial charge < -0.3 is 10.6 Å². The van der Waals surface area contributed by atoms with Gasteiger partial charge in [0.1, 0.15) is 11.0 Å². The zero-order chi connectivity index (χ0) is 14.4. The van der Waals surface area contributed by atoms with Crippen molar-refractivity contribution in [1.82, 2.24) is 14.1 Å². The molecule has 2 heterocycles. The molecule has 0 bridgehead atoms. The Morgan fingerprint density at radius 2 is 2.29 bits per heavy atom. The van der Waals surface area contributed by atoms with Crippen LogP contribution in [0.3, 0.4) is 0 Å². The van der Waals surface area contributed by atoms with Gasteiger partial charge in [0.25, 0.3) is 0 Å². The molecule has 1 aliphatic heterocycles. The van der Waals surface area contributed by atoms with E-state index in [1.807, 2.05) is 6.07 Å². The van der Waals surface area contributed by atoms with Crippen molar-refractivity contribution >= 4 is 46.0 Å². The van der Waals surface area contributed by atoms with Crippen molar-refractivity contribution in [1.29, 1.82) is 0 Å². The van der Waals surface area contributed by atoms with Gasteiger partial charge in [0.2, 0.25) is 5.91 Å². The van der Waals surface area contributed by atoms with Crippen molar-refractivity contribution < 1.29 is 4.79 Å². The number of amides is 1. The Morgan fingerprint density at radius 1 is 1.38 bits per heavy atom. The summed E-state index contributed by atoms with van der Waals surface area (Å²) in [6, 6.07) is 3.45. The summed E-state index contributed by atoms with van der Waals surface area (Å²) in [6.07, 6.45) is 3.59. The summed E-state index contributed by atoms with van der Waals surface area (Å²) in [5.41, 5.74) is 2.01. The van der Waals surface area contributed by atoms with Crippen LogP contribution in [0.5, 0.6) is 0 Å². The highest BCUT2D eigenvalue weighted by Crippen LogP contribution is 2.38. The number of halogens is 1. The van der Waals surface area contributed by atoms with E-state index >= 15 is 0 Å². The molecule has 1 aliphatic carbocycles. The maximum absolute atomic E-state index is 12.6. The SMILES string of the molecule is O=C(Nc1c(Cl)ccc2nsnc12)C1NCC2CCCC21. The second-order valence-electron chi connectivity index (χ2n) is 5.78. The first-order valence-corrected chi connectivity index (χ1v) is 8.30. The lowest BCUT2D eigenvalue weighted by molar-refractivity contribution is -0.118. The molecule has 1 saturated carbocycles.